The van der Waals surface area contributed by atoms with Gasteiger partial charge in [0.2, 0.25) is 0 Å². The molecule has 0 aliphatic heterocycles. The lowest BCUT2D eigenvalue weighted by Crippen LogP contribution is -2.14. The topological polar surface area (TPSA) is 171 Å². The fourth-order valence-corrected chi connectivity index (χ4v) is 4.94. The van der Waals surface area contributed by atoms with Gasteiger partial charge in [0.1, 0.15) is 10.6 Å². The quantitative estimate of drug-likeness (QED) is 0.215. The first-order valence-corrected chi connectivity index (χ1v) is 13.4. The number of azo groups is 1. The summed E-state index contributed by atoms with van der Waals surface area (Å²) < 4.78 is 65.0. The number of aromatic nitrogens is 2. The van der Waals surface area contributed by atoms with Crippen molar-refractivity contribution in [2.45, 2.75) is 9.79 Å². The van der Waals surface area contributed by atoms with Crippen LogP contribution in [0.25, 0.3) is 16.9 Å². The van der Waals surface area contributed by atoms with Crippen LogP contribution in [0.3, 0.4) is 0 Å². The largest absolute Gasteiger partial charge is 0.299 e. The van der Waals surface area contributed by atoms with E-state index in [1.54, 1.807) is 30.3 Å². The summed E-state index contributed by atoms with van der Waals surface area (Å²) in [5.74, 6) is 0. The van der Waals surface area contributed by atoms with Gasteiger partial charge < -0.3 is 0 Å². The van der Waals surface area contributed by atoms with E-state index in [9.17, 15) is 30.7 Å². The highest BCUT2D eigenvalue weighted by Crippen LogP contribution is 2.35. The highest BCUT2D eigenvalue weighted by Gasteiger charge is 2.20. The minimum Gasteiger partial charge on any atom is -0.288 e. The predicted octanol–water partition coefficient (Wildman–Crippen LogP) is 5.05. The lowest BCUT2D eigenvalue weighted by molar-refractivity contribution is 0.481. The molecular weight excluding hydrogens is 555 g/mol. The van der Waals surface area contributed by atoms with Crippen LogP contribution in [0.15, 0.2) is 91.5 Å². The number of nitrogens with zero attached hydrogens (tertiary/aromatic N) is 3. The van der Waals surface area contributed by atoms with Crippen molar-refractivity contribution in [3.8, 4) is 16.9 Å². The molecule has 0 atom stereocenters. The van der Waals surface area contributed by atoms with Crippen molar-refractivity contribution in [2.24, 2.45) is 10.2 Å². The van der Waals surface area contributed by atoms with E-state index in [1.807, 2.05) is 0 Å². The molecule has 36 heavy (non-hydrogen) atoms. The minimum atomic E-state index is -4.63. The molecule has 0 saturated carbocycles. The first-order chi connectivity index (χ1) is 16.9. The van der Waals surface area contributed by atoms with Gasteiger partial charge in [-0.25, -0.2) is 4.68 Å². The fraction of sp³-hybridized carbons (Fsp3) is 0. The van der Waals surface area contributed by atoms with Crippen LogP contribution >= 0.6 is 23.2 Å². The minimum absolute atomic E-state index is 0.0715. The van der Waals surface area contributed by atoms with E-state index in [-0.39, 0.29) is 37.7 Å². The van der Waals surface area contributed by atoms with Gasteiger partial charge in [-0.2, -0.15) is 16.8 Å². The molecule has 3 aromatic carbocycles. The van der Waals surface area contributed by atoms with E-state index in [0.717, 1.165) is 28.9 Å². The molecule has 1 heterocycles. The Morgan fingerprint density at radius 2 is 1.44 bits per heavy atom. The molecule has 0 radical (unpaired) electrons. The highest BCUT2D eigenvalue weighted by molar-refractivity contribution is 7.86. The summed E-state index contributed by atoms with van der Waals surface area (Å²) in [5.41, 5.74) is 0.199. The molecule has 0 saturated heterocycles. The third-order valence-corrected chi connectivity index (χ3v) is 7.35. The van der Waals surface area contributed by atoms with Crippen molar-refractivity contribution in [3.05, 3.63) is 87.1 Å². The van der Waals surface area contributed by atoms with E-state index < -0.39 is 30.7 Å². The Hall–Kier alpha value is -3.33. The van der Waals surface area contributed by atoms with E-state index >= 15 is 0 Å². The molecule has 0 fully saturated rings. The number of benzene rings is 3. The molecule has 4 rings (SSSR count). The lowest BCUT2D eigenvalue weighted by Gasteiger charge is -2.04. The second-order valence-corrected chi connectivity index (χ2v) is 10.8. The molecule has 0 unspecified atom stereocenters. The van der Waals surface area contributed by atoms with Crippen molar-refractivity contribution in [3.63, 3.8) is 0 Å². The van der Waals surface area contributed by atoms with Gasteiger partial charge in [-0.05, 0) is 36.4 Å². The van der Waals surface area contributed by atoms with Crippen LogP contribution in [0.4, 0.5) is 11.4 Å². The van der Waals surface area contributed by atoms with E-state index in [1.165, 1.54) is 12.1 Å². The second kappa shape index (κ2) is 9.61. The van der Waals surface area contributed by atoms with Crippen LogP contribution in [0.1, 0.15) is 0 Å². The van der Waals surface area contributed by atoms with Gasteiger partial charge in [0.25, 0.3) is 25.8 Å². The number of halogens is 2. The van der Waals surface area contributed by atoms with Crippen molar-refractivity contribution >= 4 is 54.8 Å². The number of hydrogen-bond donors (Lipinski definition) is 3. The summed E-state index contributed by atoms with van der Waals surface area (Å²) in [6.07, 6.45) is 0. The molecule has 0 bridgehead atoms. The summed E-state index contributed by atoms with van der Waals surface area (Å²) in [6, 6.07) is 15.5. The smallest absolute Gasteiger partial charge is 0.288 e. The maximum Gasteiger partial charge on any atom is 0.299 e. The highest BCUT2D eigenvalue weighted by atomic mass is 35.5. The Morgan fingerprint density at radius 1 is 0.806 bits per heavy atom. The molecule has 11 nitrogen and oxygen atoms in total. The zero-order valence-corrected chi connectivity index (χ0v) is 20.8. The molecule has 0 spiro atoms. The molecule has 0 amide bonds. The molecular formula is C21H14Cl2N4O7S2. The summed E-state index contributed by atoms with van der Waals surface area (Å²) in [6.45, 7) is 0. The van der Waals surface area contributed by atoms with Crippen molar-refractivity contribution in [1.82, 2.24) is 9.78 Å². The van der Waals surface area contributed by atoms with Crippen LogP contribution in [-0.4, -0.2) is 35.7 Å². The van der Waals surface area contributed by atoms with E-state index in [0.29, 0.717) is 5.56 Å². The van der Waals surface area contributed by atoms with Crippen LogP contribution in [-0.2, 0) is 20.2 Å². The van der Waals surface area contributed by atoms with Crippen molar-refractivity contribution < 1.29 is 25.9 Å². The van der Waals surface area contributed by atoms with Gasteiger partial charge in [-0.15, -0.1) is 10.2 Å². The summed E-state index contributed by atoms with van der Waals surface area (Å²) in [7, 11) is -9.05. The number of hydrogen-bond acceptors (Lipinski definition) is 7. The second-order valence-electron chi connectivity index (χ2n) is 7.22. The molecule has 15 heteroatoms. The Balaban J connectivity index is 1.85. The standard InChI is InChI=1S/C21H14Cl2N4O7S2/c22-15-11-18(36(32,33)34)16(23)10-17(15)24-25-20-19(12-4-2-1-3-5-12)26-27(21(20)28)13-6-8-14(9-7-13)35(29,30)31/h1-11,26H,(H,29,30,31)(H,32,33,34). The van der Waals surface area contributed by atoms with Gasteiger partial charge in [0.15, 0.2) is 5.69 Å². The van der Waals surface area contributed by atoms with Crippen LogP contribution < -0.4 is 5.56 Å². The SMILES string of the molecule is O=c1c(N=Nc2cc(Cl)c(S(=O)(=O)O)cc2Cl)c(-c2ccccc2)[nH]n1-c1ccc(S(=O)(=O)O)cc1. The van der Waals surface area contributed by atoms with Gasteiger partial charge >= 0.3 is 0 Å². The van der Waals surface area contributed by atoms with Gasteiger partial charge in [0, 0.05) is 5.56 Å². The zero-order chi connectivity index (χ0) is 26.3. The van der Waals surface area contributed by atoms with Crippen LogP contribution in [0.5, 0.6) is 0 Å². The maximum absolute atomic E-state index is 13.2. The predicted molar refractivity (Wildman–Crippen MR) is 132 cm³/mol. The number of nitrogens with one attached hydrogen (secondary N) is 1. The average molecular weight is 569 g/mol. The molecule has 3 N–H and O–H groups in total. The van der Waals surface area contributed by atoms with E-state index in [4.69, 9.17) is 23.2 Å². The molecule has 0 aliphatic rings. The molecule has 1 aromatic heterocycles. The van der Waals surface area contributed by atoms with Crippen LogP contribution in [0, 0.1) is 0 Å². The Kier molecular flexibility index (Phi) is 6.88. The van der Waals surface area contributed by atoms with Gasteiger partial charge in [-0.3, -0.25) is 19.0 Å². The third kappa shape index (κ3) is 5.26. The summed E-state index contributed by atoms with van der Waals surface area (Å²) >= 11 is 12.0. The maximum atomic E-state index is 13.2. The van der Waals surface area contributed by atoms with E-state index in [2.05, 4.69) is 15.3 Å². The fourth-order valence-electron chi connectivity index (χ4n) is 3.17. The van der Waals surface area contributed by atoms with Crippen molar-refractivity contribution in [1.29, 1.82) is 0 Å². The first-order valence-electron chi connectivity index (χ1n) is 9.73. The average Bonchev–Trinajstić information content (AvgIpc) is 3.15. The monoisotopic (exact) mass is 568 g/mol. The summed E-state index contributed by atoms with van der Waals surface area (Å²) in [4.78, 5) is 12.3. The molecule has 186 valence electrons. The summed E-state index contributed by atoms with van der Waals surface area (Å²) in [5, 5.41) is 10.3. The normalized spacial score (nSPS) is 12.3. The number of aromatic amines is 1. The number of H-pyrrole nitrogens is 1. The Bertz CT molecular complexity index is 1770. The number of rotatable bonds is 6. The van der Waals surface area contributed by atoms with Gasteiger partial charge in [-0.1, -0.05) is 53.5 Å². The van der Waals surface area contributed by atoms with Crippen molar-refractivity contribution in [2.75, 3.05) is 0 Å². The van der Waals surface area contributed by atoms with Gasteiger partial charge in [0.05, 0.1) is 26.3 Å². The lowest BCUT2D eigenvalue weighted by atomic mass is 10.1. The first kappa shape index (κ1) is 25.8. The molecule has 4 aromatic rings. The third-order valence-electron chi connectivity index (χ3n) is 4.86. The Morgan fingerprint density at radius 3 is 2.03 bits per heavy atom. The Labute approximate surface area is 214 Å². The zero-order valence-electron chi connectivity index (χ0n) is 17.7. The van der Waals surface area contributed by atoms with Crippen LogP contribution in [0.2, 0.25) is 10.0 Å². The molecule has 0 aliphatic carbocycles.